The second kappa shape index (κ2) is 8.27. The lowest BCUT2D eigenvalue weighted by atomic mass is 9.52. The Labute approximate surface area is 173 Å². The lowest BCUT2D eigenvalue weighted by Gasteiger charge is -2.53. The number of aliphatic hydroxyl groups is 1. The average Bonchev–Trinajstić information content (AvgIpc) is 2.98. The zero-order valence-corrected chi connectivity index (χ0v) is 17.3. The van der Waals surface area contributed by atoms with Crippen LogP contribution < -0.4 is 0 Å². The lowest BCUT2D eigenvalue weighted by Crippen LogP contribution is -2.47. The smallest absolute Gasteiger partial charge is 0.329 e. The summed E-state index contributed by atoms with van der Waals surface area (Å²) in [5.41, 5.74) is 2.75. The lowest BCUT2D eigenvalue weighted by molar-refractivity contribution is -0.142. The molecule has 0 saturated heterocycles. The molecule has 2 fully saturated rings. The Morgan fingerprint density at radius 2 is 2.07 bits per heavy atom. The van der Waals surface area contributed by atoms with E-state index in [2.05, 4.69) is 13.0 Å². The van der Waals surface area contributed by atoms with Crippen molar-refractivity contribution in [2.75, 3.05) is 13.2 Å². The minimum Gasteiger partial charge on any atom is -0.508 e. The minimum atomic E-state index is -0.919. The maximum Gasteiger partial charge on any atom is 0.329 e. The van der Waals surface area contributed by atoms with Gasteiger partial charge in [-0.3, -0.25) is 0 Å². The number of phenols is 1. The van der Waals surface area contributed by atoms with Crippen LogP contribution in [0.5, 0.6) is 5.75 Å². The zero-order valence-electron chi connectivity index (χ0n) is 17.3. The van der Waals surface area contributed by atoms with E-state index >= 15 is 0 Å². The molecule has 160 valence electrons. The van der Waals surface area contributed by atoms with Crippen molar-refractivity contribution in [2.45, 2.75) is 70.3 Å². The van der Waals surface area contributed by atoms with Crippen LogP contribution in [-0.2, 0) is 16.0 Å². The summed E-state index contributed by atoms with van der Waals surface area (Å²) in [6, 6.07) is 5.91. The summed E-state index contributed by atoms with van der Waals surface area (Å²) in [6.07, 6.45) is 8.03. The van der Waals surface area contributed by atoms with E-state index in [-0.39, 0.29) is 18.1 Å². The number of phenolic OH excluding ortho intramolecular Hbond substituents is 1. The molecule has 0 spiro atoms. The van der Waals surface area contributed by atoms with E-state index in [4.69, 9.17) is 9.84 Å². The van der Waals surface area contributed by atoms with E-state index in [1.165, 1.54) is 11.1 Å². The van der Waals surface area contributed by atoms with E-state index in [0.717, 1.165) is 51.4 Å². The van der Waals surface area contributed by atoms with Crippen molar-refractivity contribution in [1.29, 1.82) is 0 Å². The number of carboxylic acids is 1. The Bertz CT molecular complexity index is 747. The molecule has 5 nitrogen and oxygen atoms in total. The highest BCUT2D eigenvalue weighted by atomic mass is 16.5. The molecule has 3 N–H and O–H groups in total. The number of fused-ring (bicyclic) bond motifs is 5. The average molecular weight is 403 g/mol. The Kier molecular flexibility index (Phi) is 5.90. The molecule has 0 radical (unpaired) electrons. The summed E-state index contributed by atoms with van der Waals surface area (Å²) in [5, 5.41) is 29.4. The van der Waals surface area contributed by atoms with Crippen molar-refractivity contribution in [3.8, 4) is 5.75 Å². The molecule has 6 atom stereocenters. The molecule has 0 amide bonds. The number of hydrogen-bond acceptors (Lipinski definition) is 4. The number of aliphatic hydroxyl groups excluding tert-OH is 1. The standard InChI is InChI=1S/C24H34O5/c1-24-10-9-19-18-6-5-17(25)13-16(18)12-15(4-2-3-11-29-14-22(27)28)23(19)20(24)7-8-21(24)26/h5-6,13,15,19-21,23,25-26H,2-4,7-12,14H2,1H3,(H,27,28). The fraction of sp³-hybridized carbons (Fsp3) is 0.708. The predicted octanol–water partition coefficient (Wildman–Crippen LogP) is 4.11. The third-order valence-corrected chi connectivity index (χ3v) is 8.17. The molecule has 0 heterocycles. The topological polar surface area (TPSA) is 87.0 Å². The van der Waals surface area contributed by atoms with Gasteiger partial charge in [0.15, 0.2) is 0 Å². The van der Waals surface area contributed by atoms with Crippen LogP contribution in [0.1, 0.15) is 68.9 Å². The maximum absolute atomic E-state index is 10.7. The van der Waals surface area contributed by atoms with Crippen molar-refractivity contribution < 1.29 is 24.9 Å². The fourth-order valence-corrected chi connectivity index (χ4v) is 6.80. The SMILES string of the molecule is CC12CCC3c4ccc(O)cc4CC(CCCCOCC(=O)O)C3C1CCC2O. The number of aromatic hydroxyl groups is 1. The Hall–Kier alpha value is -1.59. The molecule has 4 rings (SSSR count). The summed E-state index contributed by atoms with van der Waals surface area (Å²) >= 11 is 0. The summed E-state index contributed by atoms with van der Waals surface area (Å²) < 4.78 is 5.20. The third-order valence-electron chi connectivity index (χ3n) is 8.17. The van der Waals surface area contributed by atoms with Gasteiger partial charge in [0.25, 0.3) is 0 Å². The minimum absolute atomic E-state index is 0.0401. The van der Waals surface area contributed by atoms with Crippen molar-refractivity contribution in [2.24, 2.45) is 23.2 Å². The van der Waals surface area contributed by atoms with Crippen molar-refractivity contribution >= 4 is 5.97 Å². The van der Waals surface area contributed by atoms with Crippen LogP contribution in [0.25, 0.3) is 0 Å². The second-order valence-electron chi connectivity index (χ2n) is 9.72. The van der Waals surface area contributed by atoms with Gasteiger partial charge in [-0.2, -0.15) is 0 Å². The van der Waals surface area contributed by atoms with Gasteiger partial charge in [0.1, 0.15) is 12.4 Å². The van der Waals surface area contributed by atoms with Crippen molar-refractivity contribution in [1.82, 2.24) is 0 Å². The first-order valence-corrected chi connectivity index (χ1v) is 11.2. The van der Waals surface area contributed by atoms with Gasteiger partial charge in [0.2, 0.25) is 0 Å². The monoisotopic (exact) mass is 402 g/mol. The molecule has 1 aromatic rings. The van der Waals surface area contributed by atoms with Gasteiger partial charge in [-0.25, -0.2) is 4.79 Å². The van der Waals surface area contributed by atoms with E-state index < -0.39 is 5.97 Å². The Balaban J connectivity index is 1.50. The summed E-state index contributed by atoms with van der Waals surface area (Å²) in [7, 11) is 0. The number of carbonyl (C=O) groups is 1. The molecule has 0 aromatic heterocycles. The van der Waals surface area contributed by atoms with Crippen LogP contribution in [0.2, 0.25) is 0 Å². The van der Waals surface area contributed by atoms with Gasteiger partial charge in [-0.15, -0.1) is 0 Å². The Morgan fingerprint density at radius 3 is 2.86 bits per heavy atom. The van der Waals surface area contributed by atoms with Crippen molar-refractivity contribution in [3.63, 3.8) is 0 Å². The van der Waals surface area contributed by atoms with Gasteiger partial charge >= 0.3 is 5.97 Å². The number of hydrogen-bond donors (Lipinski definition) is 3. The number of aliphatic carboxylic acids is 1. The quantitative estimate of drug-likeness (QED) is 0.598. The number of unbranched alkanes of at least 4 members (excludes halogenated alkanes) is 1. The third kappa shape index (κ3) is 3.91. The molecule has 0 bridgehead atoms. The highest BCUT2D eigenvalue weighted by Gasteiger charge is 2.56. The van der Waals surface area contributed by atoms with Gasteiger partial charge < -0.3 is 20.1 Å². The molecule has 3 aliphatic rings. The molecule has 3 aliphatic carbocycles. The molecule has 6 unspecified atom stereocenters. The highest BCUT2D eigenvalue weighted by Crippen LogP contribution is 2.62. The van der Waals surface area contributed by atoms with Crippen LogP contribution in [0.3, 0.4) is 0 Å². The van der Waals surface area contributed by atoms with Crippen LogP contribution in [0.15, 0.2) is 18.2 Å². The molecule has 2 saturated carbocycles. The van der Waals surface area contributed by atoms with E-state index in [9.17, 15) is 15.0 Å². The molecule has 1 aromatic carbocycles. The summed E-state index contributed by atoms with van der Waals surface area (Å²) in [4.78, 5) is 10.6. The first-order valence-electron chi connectivity index (χ1n) is 11.2. The number of ether oxygens (including phenoxy) is 1. The zero-order chi connectivity index (χ0) is 20.6. The Morgan fingerprint density at radius 1 is 1.24 bits per heavy atom. The predicted molar refractivity (Wildman–Crippen MR) is 110 cm³/mol. The van der Waals surface area contributed by atoms with E-state index in [1.54, 1.807) is 0 Å². The van der Waals surface area contributed by atoms with Crippen LogP contribution in [-0.4, -0.2) is 40.6 Å². The molecule has 5 heteroatoms. The molecule has 29 heavy (non-hydrogen) atoms. The van der Waals surface area contributed by atoms with E-state index in [1.807, 2.05) is 12.1 Å². The molecular formula is C24H34O5. The molecule has 0 aliphatic heterocycles. The van der Waals surface area contributed by atoms with Crippen LogP contribution >= 0.6 is 0 Å². The van der Waals surface area contributed by atoms with Crippen LogP contribution in [0, 0.1) is 23.2 Å². The van der Waals surface area contributed by atoms with E-state index in [0.29, 0.717) is 36.0 Å². The number of benzene rings is 1. The normalized spacial score (nSPS) is 35.6. The second-order valence-corrected chi connectivity index (χ2v) is 9.72. The van der Waals surface area contributed by atoms with Crippen LogP contribution in [0.4, 0.5) is 0 Å². The maximum atomic E-state index is 10.7. The fourth-order valence-electron chi connectivity index (χ4n) is 6.80. The van der Waals surface area contributed by atoms with Gasteiger partial charge in [-0.05, 0) is 97.3 Å². The highest BCUT2D eigenvalue weighted by molar-refractivity contribution is 5.67. The first kappa shape index (κ1) is 20.7. The molecular weight excluding hydrogens is 368 g/mol. The summed E-state index contributed by atoms with van der Waals surface area (Å²) in [5.74, 6) is 1.65. The number of rotatable bonds is 7. The largest absolute Gasteiger partial charge is 0.508 e. The van der Waals surface area contributed by atoms with Gasteiger partial charge in [0, 0.05) is 6.61 Å². The summed E-state index contributed by atoms with van der Waals surface area (Å²) in [6.45, 7) is 2.57. The van der Waals surface area contributed by atoms with Gasteiger partial charge in [-0.1, -0.05) is 19.4 Å². The number of carboxylic acid groups (broad SMARTS) is 1. The first-order chi connectivity index (χ1) is 13.9. The van der Waals surface area contributed by atoms with Crippen molar-refractivity contribution in [3.05, 3.63) is 29.3 Å². The van der Waals surface area contributed by atoms with Gasteiger partial charge in [0.05, 0.1) is 6.10 Å².